The SMILES string of the molecule is CC(=O)N[C@H](C(=O)N1CCC[C@H]1C(=O)NCc1ccc(-c2scnc2C)cc1OCCCN1CCC(CC(=O)Nc2cccc(Sc3cnc(N4CCC(C)(CN)CC4)cn3)c2Cl)CC1)C(C)(C)C. The van der Waals surface area contributed by atoms with E-state index in [2.05, 4.69) is 42.6 Å². The van der Waals surface area contributed by atoms with Gasteiger partial charge >= 0.3 is 0 Å². The Morgan fingerprint density at radius 2 is 1.78 bits per heavy atom. The average Bonchev–Trinajstić information content (AvgIpc) is 4.00. The van der Waals surface area contributed by atoms with Gasteiger partial charge in [-0.2, -0.15) is 0 Å². The summed E-state index contributed by atoms with van der Waals surface area (Å²) in [7, 11) is 0. The molecule has 0 radical (unpaired) electrons. The van der Waals surface area contributed by atoms with Crippen LogP contribution in [0.5, 0.6) is 5.75 Å². The number of carbonyl (C=O) groups is 4. The van der Waals surface area contributed by atoms with Crippen molar-refractivity contribution in [3.63, 3.8) is 0 Å². The van der Waals surface area contributed by atoms with Gasteiger partial charge in [0.2, 0.25) is 23.6 Å². The van der Waals surface area contributed by atoms with Crippen LogP contribution in [0.25, 0.3) is 10.4 Å². The number of nitrogens with two attached hydrogens (primary N) is 1. The van der Waals surface area contributed by atoms with Gasteiger partial charge in [0.1, 0.15) is 28.7 Å². The molecule has 7 rings (SSSR count). The second-order valence-electron chi connectivity index (χ2n) is 20.2. The number of likely N-dealkylation sites (tertiary alicyclic amines) is 2. The molecule has 0 unspecified atom stereocenters. The van der Waals surface area contributed by atoms with Crippen molar-refractivity contribution in [3.05, 3.63) is 70.6 Å². The van der Waals surface area contributed by atoms with Gasteiger partial charge in [0.25, 0.3) is 0 Å². The molecule has 0 spiro atoms. The number of hydrogen-bond donors (Lipinski definition) is 4. The van der Waals surface area contributed by atoms with Crippen molar-refractivity contribution in [2.24, 2.45) is 22.5 Å². The molecule has 5 heterocycles. The minimum Gasteiger partial charge on any atom is -0.493 e. The second kappa shape index (κ2) is 23.4. The van der Waals surface area contributed by atoms with E-state index < -0.39 is 17.5 Å². The summed E-state index contributed by atoms with van der Waals surface area (Å²) in [5.74, 6) is 1.03. The number of amides is 4. The lowest BCUT2D eigenvalue weighted by Crippen LogP contribution is -2.57. The first-order valence-electron chi connectivity index (χ1n) is 24.3. The Morgan fingerprint density at radius 3 is 2.45 bits per heavy atom. The predicted molar refractivity (Wildman–Crippen MR) is 275 cm³/mol. The molecular weight excluding hydrogens is 932 g/mol. The average molecular weight is 1000 g/mol. The lowest BCUT2D eigenvalue weighted by Gasteiger charge is -2.39. The highest BCUT2D eigenvalue weighted by Gasteiger charge is 2.41. The Kier molecular flexibility index (Phi) is 17.6. The first kappa shape index (κ1) is 52.0. The summed E-state index contributed by atoms with van der Waals surface area (Å²) in [5.41, 5.74) is 10.9. The van der Waals surface area contributed by atoms with E-state index in [1.807, 2.05) is 75.8 Å². The topological polar surface area (TPSA) is 188 Å². The summed E-state index contributed by atoms with van der Waals surface area (Å²) in [6.45, 7) is 17.7. The Morgan fingerprint density at radius 1 is 1.01 bits per heavy atom. The number of aromatic nitrogens is 3. The van der Waals surface area contributed by atoms with Gasteiger partial charge in [0, 0.05) is 56.5 Å². The van der Waals surface area contributed by atoms with Crippen LogP contribution >= 0.6 is 34.7 Å². The number of carbonyl (C=O) groups excluding carboxylic acids is 4. The van der Waals surface area contributed by atoms with E-state index in [0.29, 0.717) is 55.4 Å². The molecule has 2 atom stereocenters. The highest BCUT2D eigenvalue weighted by Crippen LogP contribution is 2.38. The summed E-state index contributed by atoms with van der Waals surface area (Å²) in [5, 5.41) is 10.2. The normalized spacial score (nSPS) is 18.2. The lowest BCUT2D eigenvalue weighted by atomic mass is 9.80. The van der Waals surface area contributed by atoms with E-state index in [0.717, 1.165) is 102 Å². The standard InChI is InChI=1S/C51H69ClN10O5S2/c1-33-46(68-32-57-33)36-13-14-37(28-56-48(65)39-11-8-20-62(39)49(66)47(50(3,4)5)58-34(2)63)40(27-36)67-25-9-19-60-21-15-35(16-22-60)26-43(64)59-38-10-7-12-41(45(38)52)69-44-30-54-42(29-55-44)61-23-17-51(6,31-53)18-24-61/h7,10,12-14,27,29-30,32,35,39,47H,8-9,11,15-26,28,31,53H2,1-6H3,(H,56,65)(H,58,63)(H,59,64)/t39-,47+/m0/s1. The van der Waals surface area contributed by atoms with Crippen molar-refractivity contribution in [2.75, 3.05) is 62.6 Å². The van der Waals surface area contributed by atoms with Crippen LogP contribution in [0.15, 0.2) is 64.2 Å². The fraction of sp³-hybridized carbons (Fsp3) is 0.549. The maximum atomic E-state index is 13.7. The van der Waals surface area contributed by atoms with E-state index in [1.165, 1.54) is 18.7 Å². The Balaban J connectivity index is 0.866. The summed E-state index contributed by atoms with van der Waals surface area (Å²) >= 11 is 9.84. The van der Waals surface area contributed by atoms with Gasteiger partial charge in [-0.1, -0.05) is 69.3 Å². The molecule has 15 nitrogen and oxygen atoms in total. The number of benzene rings is 2. The molecule has 0 aliphatic carbocycles. The van der Waals surface area contributed by atoms with Crippen LogP contribution in [0, 0.1) is 23.7 Å². The van der Waals surface area contributed by atoms with Gasteiger partial charge in [0.05, 0.1) is 45.8 Å². The second-order valence-corrected chi connectivity index (χ2v) is 22.5. The number of hydrogen-bond acceptors (Lipinski definition) is 13. The molecular formula is C51H69ClN10O5S2. The van der Waals surface area contributed by atoms with Crippen LogP contribution in [-0.4, -0.2) is 113 Å². The molecule has 3 aliphatic rings. The molecule has 372 valence electrons. The molecule has 2 aromatic carbocycles. The first-order valence-corrected chi connectivity index (χ1v) is 26.3. The van der Waals surface area contributed by atoms with Gasteiger partial charge in [-0.25, -0.2) is 15.0 Å². The highest BCUT2D eigenvalue weighted by atomic mass is 35.5. The van der Waals surface area contributed by atoms with Crippen LogP contribution in [-0.2, 0) is 25.7 Å². The summed E-state index contributed by atoms with van der Waals surface area (Å²) in [6, 6.07) is 10.3. The number of rotatable bonds is 18. The zero-order valence-electron chi connectivity index (χ0n) is 40.9. The Labute approximate surface area is 420 Å². The number of anilines is 2. The third-order valence-electron chi connectivity index (χ3n) is 13.7. The molecule has 4 aromatic rings. The van der Waals surface area contributed by atoms with Crippen molar-refractivity contribution in [3.8, 4) is 16.2 Å². The first-order chi connectivity index (χ1) is 33.0. The molecule has 3 aliphatic heterocycles. The monoisotopic (exact) mass is 1000 g/mol. The van der Waals surface area contributed by atoms with Crippen molar-refractivity contribution >= 4 is 69.8 Å². The van der Waals surface area contributed by atoms with Crippen LogP contribution in [0.2, 0.25) is 5.02 Å². The zero-order valence-corrected chi connectivity index (χ0v) is 43.3. The van der Waals surface area contributed by atoms with Crippen LogP contribution in [0.4, 0.5) is 11.5 Å². The van der Waals surface area contributed by atoms with Crippen molar-refractivity contribution < 1.29 is 23.9 Å². The Bertz CT molecular complexity index is 2410. The van der Waals surface area contributed by atoms with Gasteiger partial charge in [-0.05, 0) is 112 Å². The molecule has 18 heteroatoms. The molecule has 0 bridgehead atoms. The lowest BCUT2D eigenvalue weighted by molar-refractivity contribution is -0.143. The maximum Gasteiger partial charge on any atom is 0.246 e. The number of thiazole rings is 1. The number of aryl methyl sites for hydroxylation is 1. The molecule has 69 heavy (non-hydrogen) atoms. The van der Waals surface area contributed by atoms with Gasteiger partial charge in [0.15, 0.2) is 0 Å². The van der Waals surface area contributed by atoms with Gasteiger partial charge in [-0.15, -0.1) is 11.3 Å². The summed E-state index contributed by atoms with van der Waals surface area (Å²) in [4.78, 5) is 74.7. The van der Waals surface area contributed by atoms with E-state index in [4.69, 9.17) is 27.1 Å². The minimum absolute atomic E-state index is 0.0461. The third kappa shape index (κ3) is 13.7. The fourth-order valence-electron chi connectivity index (χ4n) is 9.33. The van der Waals surface area contributed by atoms with E-state index in [1.54, 1.807) is 22.4 Å². The minimum atomic E-state index is -0.740. The van der Waals surface area contributed by atoms with E-state index >= 15 is 0 Å². The van der Waals surface area contributed by atoms with E-state index in [-0.39, 0.29) is 41.5 Å². The molecule has 0 saturated carbocycles. The largest absolute Gasteiger partial charge is 0.493 e. The summed E-state index contributed by atoms with van der Waals surface area (Å²) in [6.07, 6.45) is 9.99. The molecule has 3 fully saturated rings. The van der Waals surface area contributed by atoms with Crippen molar-refractivity contribution in [1.29, 1.82) is 0 Å². The number of halogens is 1. The fourth-order valence-corrected chi connectivity index (χ4v) is 11.2. The van der Waals surface area contributed by atoms with Crippen LogP contribution < -0.4 is 31.3 Å². The van der Waals surface area contributed by atoms with E-state index in [9.17, 15) is 19.2 Å². The van der Waals surface area contributed by atoms with Crippen LogP contribution in [0.1, 0.15) is 97.2 Å². The number of nitrogens with zero attached hydrogens (tertiary/aromatic N) is 6. The maximum absolute atomic E-state index is 13.7. The van der Waals surface area contributed by atoms with Gasteiger partial charge < -0.3 is 41.1 Å². The number of ether oxygens (including phenoxy) is 1. The quantitative estimate of drug-likeness (QED) is 0.0706. The molecule has 2 aromatic heterocycles. The summed E-state index contributed by atoms with van der Waals surface area (Å²) < 4.78 is 6.47. The third-order valence-corrected chi connectivity index (χ3v) is 16.2. The molecule has 5 N–H and O–H groups in total. The Hall–Kier alpha value is -4.81. The molecule has 3 saturated heterocycles. The van der Waals surface area contributed by atoms with Crippen molar-refractivity contribution in [1.82, 2.24) is 35.4 Å². The van der Waals surface area contributed by atoms with Crippen molar-refractivity contribution in [2.45, 2.75) is 121 Å². The number of piperidine rings is 2. The predicted octanol–water partition coefficient (Wildman–Crippen LogP) is 7.95. The zero-order chi connectivity index (χ0) is 49.3. The molecule has 4 amide bonds. The van der Waals surface area contributed by atoms with Gasteiger partial charge in [-0.3, -0.25) is 19.2 Å². The van der Waals surface area contributed by atoms with Crippen LogP contribution in [0.3, 0.4) is 0 Å². The number of nitrogens with one attached hydrogen (secondary N) is 3. The smallest absolute Gasteiger partial charge is 0.246 e. The highest BCUT2D eigenvalue weighted by molar-refractivity contribution is 7.99.